The summed E-state index contributed by atoms with van der Waals surface area (Å²) in [6.07, 6.45) is 12.4. The molecular weight excluding hydrogens is 315 g/mol. The molecule has 11 heavy (non-hydrogen) atoms. The zero-order valence-electron chi connectivity index (χ0n) is 7.38. The van der Waals surface area contributed by atoms with Gasteiger partial charge >= 0.3 is 75.8 Å². The summed E-state index contributed by atoms with van der Waals surface area (Å²) in [5, 5.41) is 4.87. The van der Waals surface area contributed by atoms with E-state index in [0.29, 0.717) is 0 Å². The first-order valence-corrected chi connectivity index (χ1v) is 9.69. The Kier molecular flexibility index (Phi) is 4.15. The molecule has 0 aromatic heterocycles. The predicted molar refractivity (Wildman–Crippen MR) is 47.4 cm³/mol. The van der Waals surface area contributed by atoms with Gasteiger partial charge in [0, 0.05) is 0 Å². The molecule has 0 unspecified atom stereocenters. The normalized spacial score (nSPS) is 20.2. The van der Waals surface area contributed by atoms with Crippen molar-refractivity contribution in [3.8, 4) is 0 Å². The van der Waals surface area contributed by atoms with Gasteiger partial charge in [-0.15, -0.1) is 0 Å². The molecule has 1 aliphatic rings. The van der Waals surface area contributed by atoms with E-state index >= 15 is 0 Å². The van der Waals surface area contributed by atoms with Crippen molar-refractivity contribution >= 4 is 0 Å². The Morgan fingerprint density at radius 2 is 2.09 bits per heavy atom. The first-order valence-electron chi connectivity index (χ1n) is 4.01. The fourth-order valence-electron chi connectivity index (χ4n) is 1.15. The van der Waals surface area contributed by atoms with Crippen molar-refractivity contribution in [2.24, 2.45) is 0 Å². The zero-order chi connectivity index (χ0) is 8.10. The molecule has 1 heteroatoms. The van der Waals surface area contributed by atoms with Gasteiger partial charge in [0.15, 0.2) is 0 Å². The van der Waals surface area contributed by atoms with Crippen LogP contribution >= 0.6 is 0 Å². The van der Waals surface area contributed by atoms with E-state index in [9.17, 15) is 0 Å². The Morgan fingerprint density at radius 1 is 1.27 bits per heavy atom. The molecule has 0 aromatic carbocycles. The van der Waals surface area contributed by atoms with Gasteiger partial charge in [-0.3, -0.25) is 0 Å². The van der Waals surface area contributed by atoms with E-state index in [1.807, 2.05) is 0 Å². The predicted octanol–water partition coefficient (Wildman–Crippen LogP) is 3.71. The van der Waals surface area contributed by atoms with Crippen LogP contribution in [-0.2, 0) is 17.3 Å². The van der Waals surface area contributed by atoms with Gasteiger partial charge in [-0.2, -0.15) is 0 Å². The summed E-state index contributed by atoms with van der Waals surface area (Å²) in [6, 6.07) is 0. The van der Waals surface area contributed by atoms with E-state index in [1.54, 1.807) is 3.96 Å². The Balaban J connectivity index is 2.58. The minimum atomic E-state index is -0.654. The van der Waals surface area contributed by atoms with Crippen molar-refractivity contribution < 1.29 is 17.3 Å². The summed E-state index contributed by atoms with van der Waals surface area (Å²) in [5.41, 5.74) is 0. The Labute approximate surface area is 75.9 Å². The van der Waals surface area contributed by atoms with Crippen LogP contribution in [0, 0.1) is 0 Å². The van der Waals surface area contributed by atoms with E-state index in [4.69, 9.17) is 0 Å². The molecule has 0 heterocycles. The van der Waals surface area contributed by atoms with Gasteiger partial charge < -0.3 is 0 Å². The molecule has 0 bridgehead atoms. The molecule has 67 valence electrons. The summed E-state index contributed by atoms with van der Waals surface area (Å²) in [4.78, 5) is 0. The van der Waals surface area contributed by atoms with Crippen molar-refractivity contribution in [1.82, 2.24) is 0 Å². The second-order valence-corrected chi connectivity index (χ2v) is 8.88. The minimum absolute atomic E-state index is 0.654. The summed E-state index contributed by atoms with van der Waals surface area (Å²) in [7, 11) is 0. The second kappa shape index (κ2) is 4.93. The molecule has 0 aliphatic heterocycles. The summed E-state index contributed by atoms with van der Waals surface area (Å²) >= 11 is -0.654. The Morgan fingerprint density at radius 3 is 2.82 bits per heavy atom. The molecule has 0 amide bonds. The van der Waals surface area contributed by atoms with Gasteiger partial charge in [-0.05, 0) is 0 Å². The molecule has 0 fully saturated rings. The van der Waals surface area contributed by atoms with Crippen LogP contribution in [0.25, 0.3) is 0 Å². The van der Waals surface area contributed by atoms with Crippen LogP contribution in [-0.4, -0.2) is 0 Å². The first kappa shape index (κ1) is 9.26. The molecule has 0 saturated carbocycles. The maximum absolute atomic E-state index is 2.44. The van der Waals surface area contributed by atoms with Gasteiger partial charge in [0.25, 0.3) is 0 Å². The molecule has 0 aromatic rings. The molecule has 0 atom stereocenters. The standard InChI is InChI=1S/C8H11.2CH3.Pt/c1-2-4-6-8-7-5-3-1;;;/h1-3H,4,6-8H2;2*1H3;. The van der Waals surface area contributed by atoms with Crippen molar-refractivity contribution in [3.63, 3.8) is 0 Å². The molecule has 1 rings (SSSR count). The topological polar surface area (TPSA) is 0 Å². The van der Waals surface area contributed by atoms with Crippen molar-refractivity contribution in [3.05, 3.63) is 22.2 Å². The van der Waals surface area contributed by atoms with Crippen LogP contribution in [0.5, 0.6) is 0 Å². The zero-order valence-corrected chi connectivity index (χ0v) is 9.65. The third kappa shape index (κ3) is 3.38. The number of hydrogen-bond donors (Lipinski definition) is 0. The third-order valence-corrected chi connectivity index (χ3v) is 5.70. The SMILES string of the molecule is [CH3][Pt]([CH3])[C]1=CC=CCCCC1. The summed E-state index contributed by atoms with van der Waals surface area (Å²) in [6.45, 7) is 0. The van der Waals surface area contributed by atoms with Crippen LogP contribution < -0.4 is 0 Å². The summed E-state index contributed by atoms with van der Waals surface area (Å²) in [5.74, 6) is 0. The molecule has 0 spiro atoms. The van der Waals surface area contributed by atoms with Gasteiger partial charge in [-0.25, -0.2) is 0 Å². The Bertz CT molecular complexity index is 166. The van der Waals surface area contributed by atoms with Crippen LogP contribution in [0.1, 0.15) is 25.7 Å². The maximum atomic E-state index is 2.44. The fraction of sp³-hybridized carbons (Fsp3) is 0.600. The van der Waals surface area contributed by atoms with Crippen LogP contribution in [0.2, 0.25) is 10.6 Å². The number of allylic oxidation sites excluding steroid dienone is 4. The van der Waals surface area contributed by atoms with Crippen LogP contribution in [0.15, 0.2) is 22.2 Å². The number of rotatable bonds is 1. The van der Waals surface area contributed by atoms with Gasteiger partial charge in [0.05, 0.1) is 0 Å². The van der Waals surface area contributed by atoms with E-state index in [-0.39, 0.29) is 0 Å². The summed E-state index contributed by atoms with van der Waals surface area (Å²) < 4.78 is 1.77. The van der Waals surface area contributed by atoms with Gasteiger partial charge in [-0.1, -0.05) is 0 Å². The van der Waals surface area contributed by atoms with Crippen molar-refractivity contribution in [2.75, 3.05) is 0 Å². The Hall–Kier alpha value is 0.168. The molecule has 0 saturated heterocycles. The van der Waals surface area contributed by atoms with Crippen molar-refractivity contribution in [1.29, 1.82) is 0 Å². The van der Waals surface area contributed by atoms with E-state index < -0.39 is 17.3 Å². The van der Waals surface area contributed by atoms with E-state index in [2.05, 4.69) is 28.9 Å². The molecule has 0 radical (unpaired) electrons. The third-order valence-electron chi connectivity index (χ3n) is 1.83. The molecular formula is C10H17Pt. The van der Waals surface area contributed by atoms with Crippen LogP contribution in [0.3, 0.4) is 0 Å². The molecule has 1 aliphatic carbocycles. The average molecular weight is 332 g/mol. The number of hydrogen-bond acceptors (Lipinski definition) is 0. The van der Waals surface area contributed by atoms with E-state index in [1.165, 1.54) is 25.7 Å². The second-order valence-electron chi connectivity index (χ2n) is 2.88. The monoisotopic (exact) mass is 332 g/mol. The van der Waals surface area contributed by atoms with Gasteiger partial charge in [0.2, 0.25) is 0 Å². The van der Waals surface area contributed by atoms with E-state index in [0.717, 1.165) is 0 Å². The molecule has 0 N–H and O–H groups in total. The first-order chi connectivity index (χ1) is 5.30. The molecule has 0 nitrogen and oxygen atoms in total. The van der Waals surface area contributed by atoms with Crippen LogP contribution in [0.4, 0.5) is 0 Å². The van der Waals surface area contributed by atoms with Crippen molar-refractivity contribution in [2.45, 2.75) is 36.3 Å². The quantitative estimate of drug-likeness (QED) is 0.687. The average Bonchev–Trinajstić information content (AvgIpc) is 1.84. The van der Waals surface area contributed by atoms with Gasteiger partial charge in [0.1, 0.15) is 0 Å². The fourth-order valence-corrected chi connectivity index (χ4v) is 3.67.